The Labute approximate surface area is 97.7 Å². The molecule has 1 atom stereocenters. The third kappa shape index (κ3) is 2.37. The second-order valence-corrected chi connectivity index (χ2v) is 3.83. The third-order valence-corrected chi connectivity index (χ3v) is 2.62. The van der Waals surface area contributed by atoms with Crippen LogP contribution in [0.2, 0.25) is 0 Å². The maximum absolute atomic E-state index is 12.0. The zero-order valence-electron chi connectivity index (χ0n) is 9.38. The van der Waals surface area contributed by atoms with Crippen molar-refractivity contribution >= 4 is 11.8 Å². The Morgan fingerprint density at radius 3 is 2.76 bits per heavy atom. The number of aromatic carboxylic acids is 1. The molecular weight excluding hydrogens is 226 g/mol. The number of carboxylic acid groups (broad SMARTS) is 1. The van der Waals surface area contributed by atoms with Crippen LogP contribution in [0.15, 0.2) is 12.3 Å². The average Bonchev–Trinajstić information content (AvgIpc) is 2.71. The number of aryl methyl sites for hydroxylation is 1. The average molecular weight is 239 g/mol. The second-order valence-electron chi connectivity index (χ2n) is 3.83. The molecule has 1 aliphatic rings. The van der Waals surface area contributed by atoms with Crippen molar-refractivity contribution in [2.45, 2.75) is 6.10 Å². The lowest BCUT2D eigenvalue weighted by Crippen LogP contribution is -2.35. The molecule has 1 N–H and O–H groups in total. The lowest BCUT2D eigenvalue weighted by molar-refractivity contribution is -0.0719. The molecule has 92 valence electrons. The molecule has 0 bridgehead atoms. The number of hydrogen-bond acceptors (Lipinski definition) is 4. The summed E-state index contributed by atoms with van der Waals surface area (Å²) < 4.78 is 11.8. The highest BCUT2D eigenvalue weighted by Crippen LogP contribution is 2.13. The SMILES string of the molecule is Cn1cc(C(=O)C2COCCO2)cc1C(=O)O. The molecule has 0 radical (unpaired) electrons. The number of aromatic nitrogens is 1. The topological polar surface area (TPSA) is 77.8 Å². The van der Waals surface area contributed by atoms with Gasteiger partial charge in [-0.15, -0.1) is 0 Å². The van der Waals surface area contributed by atoms with E-state index in [9.17, 15) is 9.59 Å². The molecule has 0 aromatic carbocycles. The molecular formula is C11H13NO5. The molecule has 0 amide bonds. The van der Waals surface area contributed by atoms with Crippen molar-refractivity contribution < 1.29 is 24.2 Å². The number of carbonyl (C=O) groups excluding carboxylic acids is 1. The first-order chi connectivity index (χ1) is 8.09. The van der Waals surface area contributed by atoms with E-state index in [2.05, 4.69) is 0 Å². The first kappa shape index (κ1) is 11.8. The van der Waals surface area contributed by atoms with Crippen LogP contribution in [0.5, 0.6) is 0 Å². The van der Waals surface area contributed by atoms with Gasteiger partial charge in [0, 0.05) is 18.8 Å². The van der Waals surface area contributed by atoms with Crippen molar-refractivity contribution in [2.75, 3.05) is 19.8 Å². The molecule has 0 aliphatic carbocycles. The van der Waals surface area contributed by atoms with Gasteiger partial charge in [-0.2, -0.15) is 0 Å². The Balaban J connectivity index is 2.19. The Morgan fingerprint density at radius 1 is 1.47 bits per heavy atom. The Hall–Kier alpha value is -1.66. The highest BCUT2D eigenvalue weighted by molar-refractivity contribution is 6.01. The Morgan fingerprint density at radius 2 is 2.24 bits per heavy atom. The van der Waals surface area contributed by atoms with Crippen LogP contribution in [-0.2, 0) is 16.5 Å². The molecule has 1 unspecified atom stereocenters. The maximum Gasteiger partial charge on any atom is 0.352 e. The van der Waals surface area contributed by atoms with Crippen LogP contribution in [0.3, 0.4) is 0 Å². The minimum atomic E-state index is -1.06. The van der Waals surface area contributed by atoms with E-state index in [1.165, 1.54) is 16.8 Å². The quantitative estimate of drug-likeness (QED) is 0.769. The van der Waals surface area contributed by atoms with Gasteiger partial charge in [0.05, 0.1) is 19.8 Å². The fraction of sp³-hybridized carbons (Fsp3) is 0.455. The van der Waals surface area contributed by atoms with E-state index >= 15 is 0 Å². The first-order valence-corrected chi connectivity index (χ1v) is 5.23. The number of rotatable bonds is 3. The molecule has 6 nitrogen and oxygen atoms in total. The predicted molar refractivity (Wildman–Crippen MR) is 57.3 cm³/mol. The number of ketones is 1. The molecule has 2 rings (SSSR count). The monoisotopic (exact) mass is 239 g/mol. The zero-order chi connectivity index (χ0) is 12.4. The van der Waals surface area contributed by atoms with Gasteiger partial charge in [0.2, 0.25) is 0 Å². The lowest BCUT2D eigenvalue weighted by Gasteiger charge is -2.21. The molecule has 1 saturated heterocycles. The minimum Gasteiger partial charge on any atom is -0.477 e. The van der Waals surface area contributed by atoms with Crippen LogP contribution >= 0.6 is 0 Å². The van der Waals surface area contributed by atoms with Crippen molar-refractivity contribution in [3.63, 3.8) is 0 Å². The normalized spacial score (nSPS) is 20.2. The fourth-order valence-corrected chi connectivity index (χ4v) is 1.74. The Bertz CT molecular complexity index is 445. The highest BCUT2D eigenvalue weighted by Gasteiger charge is 2.26. The van der Waals surface area contributed by atoms with Gasteiger partial charge >= 0.3 is 5.97 Å². The van der Waals surface area contributed by atoms with Crippen molar-refractivity contribution in [1.29, 1.82) is 0 Å². The third-order valence-electron chi connectivity index (χ3n) is 2.62. The summed E-state index contributed by atoms with van der Waals surface area (Å²) >= 11 is 0. The van der Waals surface area contributed by atoms with Gasteiger partial charge < -0.3 is 19.1 Å². The second kappa shape index (κ2) is 4.68. The standard InChI is InChI=1S/C11H13NO5/c1-12-5-7(4-8(12)11(14)15)10(13)9-6-16-2-3-17-9/h4-5,9H,2-3,6H2,1H3,(H,14,15). The maximum atomic E-state index is 12.0. The largest absolute Gasteiger partial charge is 0.477 e. The summed E-state index contributed by atoms with van der Waals surface area (Å²) in [5.41, 5.74) is 0.408. The van der Waals surface area contributed by atoms with Gasteiger partial charge in [-0.05, 0) is 6.07 Å². The van der Waals surface area contributed by atoms with E-state index in [1.54, 1.807) is 7.05 Å². The number of Topliss-reactive ketones (excluding diaryl/α,β-unsaturated/α-hetero) is 1. The molecule has 17 heavy (non-hydrogen) atoms. The number of ether oxygens (including phenoxy) is 2. The summed E-state index contributed by atoms with van der Waals surface area (Å²) in [7, 11) is 1.58. The van der Waals surface area contributed by atoms with Crippen LogP contribution in [-0.4, -0.2) is 47.4 Å². The molecule has 1 fully saturated rings. The molecule has 2 heterocycles. The van der Waals surface area contributed by atoms with E-state index in [-0.39, 0.29) is 18.1 Å². The van der Waals surface area contributed by atoms with Gasteiger partial charge in [-0.25, -0.2) is 4.79 Å². The number of carbonyl (C=O) groups is 2. The van der Waals surface area contributed by atoms with Gasteiger partial charge in [-0.1, -0.05) is 0 Å². The molecule has 1 aromatic rings. The van der Waals surface area contributed by atoms with E-state index < -0.39 is 12.1 Å². The van der Waals surface area contributed by atoms with Gasteiger partial charge in [0.15, 0.2) is 5.78 Å². The minimum absolute atomic E-state index is 0.0741. The van der Waals surface area contributed by atoms with Crippen LogP contribution in [0.4, 0.5) is 0 Å². The van der Waals surface area contributed by atoms with Crippen LogP contribution in [0, 0.1) is 0 Å². The summed E-state index contributed by atoms with van der Waals surface area (Å²) in [6, 6.07) is 1.35. The summed E-state index contributed by atoms with van der Waals surface area (Å²) in [4.78, 5) is 22.8. The van der Waals surface area contributed by atoms with E-state index in [0.717, 1.165) is 0 Å². The highest BCUT2D eigenvalue weighted by atomic mass is 16.6. The molecule has 6 heteroatoms. The lowest BCUT2D eigenvalue weighted by atomic mass is 10.1. The van der Waals surface area contributed by atoms with Gasteiger partial charge in [-0.3, -0.25) is 4.79 Å². The molecule has 0 saturated carbocycles. The van der Waals surface area contributed by atoms with E-state index in [0.29, 0.717) is 18.8 Å². The van der Waals surface area contributed by atoms with Crippen molar-refractivity contribution in [2.24, 2.45) is 7.05 Å². The van der Waals surface area contributed by atoms with E-state index in [4.69, 9.17) is 14.6 Å². The smallest absolute Gasteiger partial charge is 0.352 e. The molecule has 1 aliphatic heterocycles. The van der Waals surface area contributed by atoms with Gasteiger partial charge in [0.25, 0.3) is 0 Å². The van der Waals surface area contributed by atoms with E-state index in [1.807, 2.05) is 0 Å². The molecule has 1 aromatic heterocycles. The Kier molecular flexibility index (Phi) is 3.26. The van der Waals surface area contributed by atoms with Crippen molar-refractivity contribution in [3.05, 3.63) is 23.5 Å². The van der Waals surface area contributed by atoms with Crippen molar-refractivity contribution in [3.8, 4) is 0 Å². The number of nitrogens with zero attached hydrogens (tertiary/aromatic N) is 1. The molecule has 0 spiro atoms. The van der Waals surface area contributed by atoms with Gasteiger partial charge in [0.1, 0.15) is 11.8 Å². The number of carboxylic acids is 1. The summed E-state index contributed by atoms with van der Waals surface area (Å²) in [5.74, 6) is -1.31. The first-order valence-electron chi connectivity index (χ1n) is 5.23. The predicted octanol–water partition coefficient (Wildman–Crippen LogP) is 0.321. The fourth-order valence-electron chi connectivity index (χ4n) is 1.74. The summed E-state index contributed by atoms with van der Waals surface area (Å²) in [5, 5.41) is 8.88. The van der Waals surface area contributed by atoms with Crippen LogP contribution in [0.25, 0.3) is 0 Å². The zero-order valence-corrected chi connectivity index (χ0v) is 9.38. The summed E-state index contributed by atoms with van der Waals surface area (Å²) in [6.45, 7) is 1.09. The van der Waals surface area contributed by atoms with Crippen LogP contribution in [0.1, 0.15) is 20.8 Å². The summed E-state index contributed by atoms with van der Waals surface area (Å²) in [6.07, 6.45) is 0.858. The van der Waals surface area contributed by atoms with Crippen molar-refractivity contribution in [1.82, 2.24) is 4.57 Å². The van der Waals surface area contributed by atoms with Crippen LogP contribution < -0.4 is 0 Å². The number of hydrogen-bond donors (Lipinski definition) is 1.